The zero-order chi connectivity index (χ0) is 19.6. The molecule has 3 aromatic heterocycles. The van der Waals surface area contributed by atoms with Gasteiger partial charge in [-0.15, -0.1) is 0 Å². The van der Waals surface area contributed by atoms with E-state index < -0.39 is 0 Å². The van der Waals surface area contributed by atoms with Gasteiger partial charge in [0, 0.05) is 38.4 Å². The molecule has 1 fully saturated rings. The summed E-state index contributed by atoms with van der Waals surface area (Å²) in [7, 11) is 0. The van der Waals surface area contributed by atoms with E-state index in [0.717, 1.165) is 42.9 Å². The van der Waals surface area contributed by atoms with Crippen LogP contribution < -0.4 is 15.5 Å². The SMILES string of the molecule is O=C(Nc1cnccc1N1CCNCC1)c1ccc(-n2cnc3ccccc32)o1. The summed E-state index contributed by atoms with van der Waals surface area (Å²) in [6, 6.07) is 13.1. The van der Waals surface area contributed by atoms with Gasteiger partial charge < -0.3 is 20.0 Å². The number of fused-ring (bicyclic) bond motifs is 1. The Balaban J connectivity index is 1.39. The number of imidazole rings is 1. The van der Waals surface area contributed by atoms with Gasteiger partial charge in [-0.3, -0.25) is 14.3 Å². The van der Waals surface area contributed by atoms with Crippen LogP contribution in [0.1, 0.15) is 10.6 Å². The molecule has 4 aromatic rings. The zero-order valence-electron chi connectivity index (χ0n) is 15.7. The van der Waals surface area contributed by atoms with Crippen molar-refractivity contribution in [2.75, 3.05) is 36.4 Å². The van der Waals surface area contributed by atoms with Crippen molar-refractivity contribution < 1.29 is 9.21 Å². The van der Waals surface area contributed by atoms with Crippen molar-refractivity contribution in [3.05, 3.63) is 66.9 Å². The van der Waals surface area contributed by atoms with Crippen molar-refractivity contribution >= 4 is 28.3 Å². The minimum absolute atomic E-state index is 0.230. The fraction of sp³-hybridized carbons (Fsp3) is 0.190. The Morgan fingerprint density at radius 2 is 1.97 bits per heavy atom. The number of nitrogens with one attached hydrogen (secondary N) is 2. The number of amides is 1. The molecule has 0 atom stereocenters. The molecule has 5 rings (SSSR count). The molecule has 0 bridgehead atoms. The molecule has 1 aliphatic rings. The monoisotopic (exact) mass is 388 g/mol. The Kier molecular flexibility index (Phi) is 4.45. The van der Waals surface area contributed by atoms with Gasteiger partial charge in [-0.2, -0.15) is 0 Å². The van der Waals surface area contributed by atoms with Crippen LogP contribution in [0.2, 0.25) is 0 Å². The van der Waals surface area contributed by atoms with Crippen molar-refractivity contribution in [3.8, 4) is 5.88 Å². The normalized spacial score (nSPS) is 14.3. The smallest absolute Gasteiger partial charge is 0.291 e. The maximum atomic E-state index is 12.8. The number of carbonyl (C=O) groups is 1. The number of para-hydroxylation sites is 2. The van der Waals surface area contributed by atoms with E-state index in [1.807, 2.05) is 34.9 Å². The van der Waals surface area contributed by atoms with Gasteiger partial charge in [-0.1, -0.05) is 12.1 Å². The van der Waals surface area contributed by atoms with Crippen LogP contribution in [0, 0.1) is 0 Å². The second kappa shape index (κ2) is 7.40. The second-order valence-electron chi connectivity index (χ2n) is 6.83. The maximum Gasteiger partial charge on any atom is 0.291 e. The predicted molar refractivity (Wildman–Crippen MR) is 111 cm³/mol. The Hall–Kier alpha value is -3.65. The third kappa shape index (κ3) is 3.34. The summed E-state index contributed by atoms with van der Waals surface area (Å²) < 4.78 is 7.64. The Morgan fingerprint density at radius 3 is 2.86 bits per heavy atom. The molecule has 0 radical (unpaired) electrons. The van der Waals surface area contributed by atoms with Crippen LogP contribution in [0.4, 0.5) is 11.4 Å². The number of anilines is 2. The Bertz CT molecular complexity index is 1160. The highest BCUT2D eigenvalue weighted by atomic mass is 16.4. The first kappa shape index (κ1) is 17.4. The quantitative estimate of drug-likeness (QED) is 0.559. The van der Waals surface area contributed by atoms with Crippen molar-refractivity contribution in [2.24, 2.45) is 0 Å². The number of pyridine rings is 1. The summed E-state index contributed by atoms with van der Waals surface area (Å²) in [4.78, 5) is 23.6. The van der Waals surface area contributed by atoms with Gasteiger partial charge in [-0.05, 0) is 24.3 Å². The molecule has 1 saturated heterocycles. The third-order valence-corrected chi connectivity index (χ3v) is 5.01. The molecule has 0 saturated carbocycles. The molecule has 29 heavy (non-hydrogen) atoms. The fourth-order valence-electron chi connectivity index (χ4n) is 3.56. The van der Waals surface area contributed by atoms with E-state index in [1.165, 1.54) is 0 Å². The highest BCUT2D eigenvalue weighted by Crippen LogP contribution is 2.26. The van der Waals surface area contributed by atoms with E-state index in [0.29, 0.717) is 11.6 Å². The summed E-state index contributed by atoms with van der Waals surface area (Å²) in [5, 5.41) is 6.27. The van der Waals surface area contributed by atoms with Crippen LogP contribution >= 0.6 is 0 Å². The van der Waals surface area contributed by atoms with E-state index >= 15 is 0 Å². The van der Waals surface area contributed by atoms with Gasteiger partial charge in [0.05, 0.1) is 28.6 Å². The van der Waals surface area contributed by atoms with Crippen molar-refractivity contribution in [2.45, 2.75) is 0 Å². The zero-order valence-corrected chi connectivity index (χ0v) is 15.7. The third-order valence-electron chi connectivity index (χ3n) is 5.01. The summed E-state index contributed by atoms with van der Waals surface area (Å²) >= 11 is 0. The highest BCUT2D eigenvalue weighted by molar-refractivity contribution is 6.04. The molecule has 2 N–H and O–H groups in total. The van der Waals surface area contributed by atoms with Gasteiger partial charge in [-0.25, -0.2) is 4.98 Å². The minimum Gasteiger partial charge on any atom is -0.435 e. The second-order valence-corrected chi connectivity index (χ2v) is 6.83. The number of aromatic nitrogens is 3. The number of furan rings is 1. The lowest BCUT2D eigenvalue weighted by Crippen LogP contribution is -2.43. The number of carbonyl (C=O) groups excluding carboxylic acids is 1. The first-order valence-electron chi connectivity index (χ1n) is 9.53. The molecular formula is C21H20N6O2. The van der Waals surface area contributed by atoms with Crippen LogP contribution in [0.15, 0.2) is 65.6 Å². The van der Waals surface area contributed by atoms with Crippen LogP contribution in [0.25, 0.3) is 16.9 Å². The fourth-order valence-corrected chi connectivity index (χ4v) is 3.56. The van der Waals surface area contributed by atoms with E-state index in [2.05, 4.69) is 25.5 Å². The molecule has 0 unspecified atom stereocenters. The van der Waals surface area contributed by atoms with Crippen molar-refractivity contribution in [1.29, 1.82) is 0 Å². The van der Waals surface area contributed by atoms with Gasteiger partial charge >= 0.3 is 0 Å². The van der Waals surface area contributed by atoms with Crippen LogP contribution in [0.5, 0.6) is 0 Å². The molecule has 8 heteroatoms. The van der Waals surface area contributed by atoms with E-state index in [-0.39, 0.29) is 11.7 Å². The molecule has 1 aliphatic heterocycles. The largest absolute Gasteiger partial charge is 0.435 e. The molecule has 8 nitrogen and oxygen atoms in total. The van der Waals surface area contributed by atoms with E-state index in [4.69, 9.17) is 4.42 Å². The van der Waals surface area contributed by atoms with Crippen LogP contribution in [-0.4, -0.2) is 46.6 Å². The Morgan fingerprint density at radius 1 is 1.10 bits per heavy atom. The first-order chi connectivity index (χ1) is 14.3. The number of hydrogen-bond acceptors (Lipinski definition) is 6. The maximum absolute atomic E-state index is 12.8. The van der Waals surface area contributed by atoms with Crippen molar-refractivity contribution in [3.63, 3.8) is 0 Å². The Labute approximate surface area is 167 Å². The lowest BCUT2D eigenvalue weighted by molar-refractivity contribution is 0.0996. The average molecular weight is 388 g/mol. The number of rotatable bonds is 4. The standard InChI is InChI=1S/C21H20N6O2/c28-21(25-16-13-23-8-7-17(16)26-11-9-22-10-12-26)19-5-6-20(29-19)27-14-24-15-3-1-2-4-18(15)27/h1-8,13-14,22H,9-12H2,(H,25,28). The van der Waals surface area contributed by atoms with Gasteiger partial charge in [0.15, 0.2) is 5.76 Å². The molecule has 4 heterocycles. The van der Waals surface area contributed by atoms with Gasteiger partial charge in [0.2, 0.25) is 5.88 Å². The summed E-state index contributed by atoms with van der Waals surface area (Å²) in [5.41, 5.74) is 3.42. The molecule has 1 aromatic carbocycles. The first-order valence-corrected chi connectivity index (χ1v) is 9.53. The number of benzene rings is 1. The summed E-state index contributed by atoms with van der Waals surface area (Å²) in [5.74, 6) is 0.454. The minimum atomic E-state index is -0.315. The average Bonchev–Trinajstić information content (AvgIpc) is 3.42. The lowest BCUT2D eigenvalue weighted by Gasteiger charge is -2.30. The summed E-state index contributed by atoms with van der Waals surface area (Å²) in [6.45, 7) is 3.59. The lowest BCUT2D eigenvalue weighted by atomic mass is 10.2. The van der Waals surface area contributed by atoms with Gasteiger partial charge in [0.25, 0.3) is 5.91 Å². The molecule has 1 amide bonds. The van der Waals surface area contributed by atoms with Gasteiger partial charge in [0.1, 0.15) is 6.33 Å². The van der Waals surface area contributed by atoms with E-state index in [1.54, 1.807) is 30.9 Å². The number of hydrogen-bond donors (Lipinski definition) is 2. The summed E-state index contributed by atoms with van der Waals surface area (Å²) in [6.07, 6.45) is 5.10. The topological polar surface area (TPSA) is 88.2 Å². The van der Waals surface area contributed by atoms with E-state index in [9.17, 15) is 4.79 Å². The van der Waals surface area contributed by atoms with Crippen molar-refractivity contribution in [1.82, 2.24) is 19.9 Å². The van der Waals surface area contributed by atoms with Crippen LogP contribution in [0.3, 0.4) is 0 Å². The molecular weight excluding hydrogens is 368 g/mol. The number of nitrogens with zero attached hydrogens (tertiary/aromatic N) is 4. The van der Waals surface area contributed by atoms with Crippen LogP contribution in [-0.2, 0) is 0 Å². The predicted octanol–water partition coefficient (Wildman–Crippen LogP) is 2.68. The molecule has 0 spiro atoms. The molecule has 146 valence electrons. The molecule has 0 aliphatic carbocycles. The number of piperazine rings is 1. The highest BCUT2D eigenvalue weighted by Gasteiger charge is 2.18.